The minimum atomic E-state index is -1.09. The molecule has 0 aliphatic heterocycles. The van der Waals surface area contributed by atoms with Crippen molar-refractivity contribution in [1.29, 1.82) is 0 Å². The minimum Gasteiger partial charge on any atom is -0.449 e. The van der Waals surface area contributed by atoms with E-state index in [0.29, 0.717) is 0 Å². The molecule has 0 heterocycles. The summed E-state index contributed by atoms with van der Waals surface area (Å²) in [5.74, 6) is -0.466. The Kier molecular flexibility index (Phi) is 11.6. The maximum Gasteiger partial charge on any atom is 0.513 e. The quantitative estimate of drug-likeness (QED) is 0.0368. The Hall–Kier alpha value is -7.27. The molecule has 2 amide bonds. The fourth-order valence-electron chi connectivity index (χ4n) is 7.29. The molecule has 0 fully saturated rings. The zero-order chi connectivity index (χ0) is 39.6. The Balaban J connectivity index is 1.08. The van der Waals surface area contributed by atoms with Gasteiger partial charge in [-0.25, -0.2) is 9.59 Å². The van der Waals surface area contributed by atoms with Crippen LogP contribution in [0.2, 0.25) is 0 Å². The summed E-state index contributed by atoms with van der Waals surface area (Å²) in [6, 6.07) is 49.1. The van der Waals surface area contributed by atoms with E-state index in [9.17, 15) is 24.5 Å². The van der Waals surface area contributed by atoms with E-state index in [1.165, 1.54) is 24.3 Å². The van der Waals surface area contributed by atoms with Crippen molar-refractivity contribution in [3.8, 4) is 16.9 Å². The number of nitrogens with zero attached hydrogens (tertiary/aromatic N) is 1. The predicted molar refractivity (Wildman–Crippen MR) is 214 cm³/mol. The average Bonchev–Trinajstić information content (AvgIpc) is 3.57. The van der Waals surface area contributed by atoms with Gasteiger partial charge in [0.2, 0.25) is 5.91 Å². The first kappa shape index (κ1) is 38.0. The Morgan fingerprint density at radius 2 is 1.14 bits per heavy atom. The fourth-order valence-corrected chi connectivity index (χ4v) is 7.29. The molecule has 0 radical (unpaired) electrons. The van der Waals surface area contributed by atoms with E-state index >= 15 is 0 Å². The second-order valence-corrected chi connectivity index (χ2v) is 13.5. The van der Waals surface area contributed by atoms with Crippen molar-refractivity contribution in [2.75, 3.05) is 13.2 Å². The van der Waals surface area contributed by atoms with Gasteiger partial charge in [0, 0.05) is 24.5 Å². The lowest BCUT2D eigenvalue weighted by Gasteiger charge is -2.37. The lowest BCUT2D eigenvalue weighted by Crippen LogP contribution is -2.48. The molecule has 2 N–H and O–H groups in total. The fraction of sp³-hybridized carbons (Fsp3) is 0.152. The van der Waals surface area contributed by atoms with Crippen molar-refractivity contribution in [2.45, 2.75) is 30.3 Å². The van der Waals surface area contributed by atoms with Gasteiger partial charge in [-0.2, -0.15) is 0 Å². The summed E-state index contributed by atoms with van der Waals surface area (Å²) in [5, 5.41) is 17.1. The van der Waals surface area contributed by atoms with E-state index in [1.54, 1.807) is 0 Å². The number of nitro benzene ring substituents is 1. The summed E-state index contributed by atoms with van der Waals surface area (Å²) in [5.41, 5.74) is 5.60. The molecule has 1 aliphatic rings. The summed E-state index contributed by atoms with van der Waals surface area (Å²) in [6.07, 6.45) is -1.84. The monoisotopic (exact) mass is 761 g/mol. The smallest absolute Gasteiger partial charge is 0.449 e. The van der Waals surface area contributed by atoms with E-state index < -0.39 is 28.8 Å². The van der Waals surface area contributed by atoms with E-state index in [0.717, 1.165) is 38.9 Å². The molecule has 0 unspecified atom stereocenters. The third-order valence-electron chi connectivity index (χ3n) is 9.98. The van der Waals surface area contributed by atoms with E-state index in [4.69, 9.17) is 14.2 Å². The summed E-state index contributed by atoms with van der Waals surface area (Å²) in [4.78, 5) is 50.8. The van der Waals surface area contributed by atoms with Crippen molar-refractivity contribution in [1.82, 2.24) is 10.6 Å². The predicted octanol–water partition coefficient (Wildman–Crippen LogP) is 8.91. The van der Waals surface area contributed by atoms with Crippen molar-refractivity contribution in [3.05, 3.63) is 202 Å². The zero-order valence-corrected chi connectivity index (χ0v) is 30.8. The van der Waals surface area contributed by atoms with Crippen molar-refractivity contribution < 1.29 is 33.5 Å². The van der Waals surface area contributed by atoms with Crippen LogP contribution in [0.1, 0.15) is 46.6 Å². The van der Waals surface area contributed by atoms with Crippen LogP contribution in [0.4, 0.5) is 15.3 Å². The number of non-ortho nitro benzene ring substituents is 1. The van der Waals surface area contributed by atoms with Crippen LogP contribution in [0.25, 0.3) is 11.1 Å². The Labute approximate surface area is 329 Å². The number of carbonyl (C=O) groups is 3. The molecule has 286 valence electrons. The molecule has 0 spiro atoms. The van der Waals surface area contributed by atoms with Gasteiger partial charge >= 0.3 is 12.2 Å². The molecule has 0 saturated carbocycles. The highest BCUT2D eigenvalue weighted by Gasteiger charge is 2.38. The van der Waals surface area contributed by atoms with Crippen LogP contribution >= 0.6 is 0 Å². The standard InChI is InChI=1S/C46H39N3O8/c50-43(48-46(32-14-4-1-5-15-32,33-16-6-2-7-17-33)34-18-8-3-9-19-34)29-24-35(30-56-45(52)57-37-27-25-36(26-28-37)49(53)54)47-44(51)55-31-42-40-22-12-10-20-38(40)39-21-11-13-23-41(39)42/h1-23,25-28,35,42H,24,29-31H2,(H,47,51)(H,48,50)/t35-/m0/s1. The van der Waals surface area contributed by atoms with Crippen LogP contribution in [0.5, 0.6) is 5.75 Å². The summed E-state index contributed by atoms with van der Waals surface area (Å²) >= 11 is 0. The normalized spacial score (nSPS) is 12.4. The average molecular weight is 762 g/mol. The first-order chi connectivity index (χ1) is 27.8. The zero-order valence-electron chi connectivity index (χ0n) is 30.8. The molecule has 11 nitrogen and oxygen atoms in total. The van der Waals surface area contributed by atoms with Crippen LogP contribution in [0.15, 0.2) is 164 Å². The second kappa shape index (κ2) is 17.5. The van der Waals surface area contributed by atoms with Gasteiger partial charge in [-0.1, -0.05) is 140 Å². The largest absolute Gasteiger partial charge is 0.513 e. The maximum absolute atomic E-state index is 14.1. The van der Waals surface area contributed by atoms with Gasteiger partial charge in [0.25, 0.3) is 5.69 Å². The van der Waals surface area contributed by atoms with Crippen LogP contribution in [-0.4, -0.2) is 42.3 Å². The number of hydrogen-bond acceptors (Lipinski definition) is 8. The van der Waals surface area contributed by atoms with E-state index in [1.807, 2.05) is 140 Å². The summed E-state index contributed by atoms with van der Waals surface area (Å²) < 4.78 is 16.4. The number of nitro groups is 1. The van der Waals surface area contributed by atoms with Gasteiger partial charge in [0.15, 0.2) is 0 Å². The van der Waals surface area contributed by atoms with Crippen molar-refractivity contribution in [3.63, 3.8) is 0 Å². The molecule has 0 saturated heterocycles. The van der Waals surface area contributed by atoms with Crippen LogP contribution in [0, 0.1) is 10.1 Å². The van der Waals surface area contributed by atoms with Crippen LogP contribution in [0.3, 0.4) is 0 Å². The summed E-state index contributed by atoms with van der Waals surface area (Å²) in [7, 11) is 0. The number of nitrogens with one attached hydrogen (secondary N) is 2. The van der Waals surface area contributed by atoms with Crippen molar-refractivity contribution >= 4 is 23.8 Å². The number of carbonyl (C=O) groups excluding carboxylic acids is 3. The molecule has 0 bridgehead atoms. The lowest BCUT2D eigenvalue weighted by molar-refractivity contribution is -0.384. The molecule has 11 heteroatoms. The Morgan fingerprint density at radius 3 is 1.65 bits per heavy atom. The highest BCUT2D eigenvalue weighted by atomic mass is 16.7. The van der Waals surface area contributed by atoms with Crippen LogP contribution in [-0.2, 0) is 19.8 Å². The lowest BCUT2D eigenvalue weighted by atomic mass is 9.77. The molecule has 0 aromatic heterocycles. The Bertz CT molecular complexity index is 2200. The molecule has 6 aromatic carbocycles. The minimum absolute atomic E-state index is 0.0325. The Morgan fingerprint density at radius 1 is 0.649 bits per heavy atom. The number of alkyl carbamates (subject to hydrolysis) is 1. The van der Waals surface area contributed by atoms with Crippen molar-refractivity contribution in [2.24, 2.45) is 0 Å². The summed E-state index contributed by atoms with van der Waals surface area (Å²) in [6.45, 7) is -0.297. The highest BCUT2D eigenvalue weighted by Crippen LogP contribution is 2.44. The van der Waals surface area contributed by atoms with Gasteiger partial charge in [0.1, 0.15) is 24.5 Å². The molecular formula is C46H39N3O8. The van der Waals surface area contributed by atoms with Gasteiger partial charge in [-0.3, -0.25) is 14.9 Å². The van der Waals surface area contributed by atoms with Gasteiger partial charge in [0.05, 0.1) is 11.0 Å². The van der Waals surface area contributed by atoms with Crippen LogP contribution < -0.4 is 15.4 Å². The third-order valence-corrected chi connectivity index (χ3v) is 9.98. The number of ether oxygens (including phenoxy) is 3. The molecule has 1 aliphatic carbocycles. The second-order valence-electron chi connectivity index (χ2n) is 13.5. The molecule has 1 atom stereocenters. The molecule has 57 heavy (non-hydrogen) atoms. The topological polar surface area (TPSA) is 146 Å². The SMILES string of the molecule is O=C(CC[C@@H](COC(=O)Oc1ccc([N+](=O)[O-])cc1)NC(=O)OCC1c2ccccc2-c2ccccc21)NC(c1ccccc1)(c1ccccc1)c1ccccc1. The third kappa shape index (κ3) is 8.68. The number of hydrogen-bond donors (Lipinski definition) is 2. The number of rotatable bonds is 14. The highest BCUT2D eigenvalue weighted by molar-refractivity contribution is 5.80. The maximum atomic E-state index is 14.1. The van der Waals surface area contributed by atoms with E-state index in [-0.39, 0.29) is 49.3 Å². The number of amides is 2. The van der Waals surface area contributed by atoms with Gasteiger partial charge in [-0.05, 0) is 57.5 Å². The van der Waals surface area contributed by atoms with E-state index in [2.05, 4.69) is 10.6 Å². The number of fused-ring (bicyclic) bond motifs is 3. The first-order valence-electron chi connectivity index (χ1n) is 18.5. The molecular weight excluding hydrogens is 723 g/mol. The van der Waals surface area contributed by atoms with Gasteiger partial charge < -0.3 is 24.8 Å². The molecule has 7 rings (SSSR count). The first-order valence-corrected chi connectivity index (χ1v) is 18.5. The number of benzene rings is 6. The molecule has 6 aromatic rings. The van der Waals surface area contributed by atoms with Gasteiger partial charge in [-0.15, -0.1) is 0 Å².